The molecule has 0 radical (unpaired) electrons. The molecule has 0 bridgehead atoms. The van der Waals surface area contributed by atoms with Crippen molar-refractivity contribution in [3.63, 3.8) is 0 Å². The molecule has 2 aromatic rings. The highest BCUT2D eigenvalue weighted by atomic mass is 16.5. The molecule has 1 unspecified atom stereocenters. The van der Waals surface area contributed by atoms with Crippen molar-refractivity contribution < 1.29 is 14.6 Å². The molecule has 0 aliphatic carbocycles. The number of methoxy groups -OCH3 is 1. The molecule has 0 aliphatic heterocycles. The predicted molar refractivity (Wildman–Crippen MR) is 76.0 cm³/mol. The van der Waals surface area contributed by atoms with Crippen molar-refractivity contribution >= 4 is 5.97 Å². The van der Waals surface area contributed by atoms with E-state index in [1.165, 1.54) is 0 Å². The molecule has 0 fully saturated rings. The van der Waals surface area contributed by atoms with E-state index in [1.807, 2.05) is 31.2 Å². The molecule has 1 aromatic carbocycles. The molecule has 1 aromatic heterocycles. The SMILES string of the molecule is CCCC(CC(=O)O)n1nnnc1-c1cccc(OC)c1. The van der Waals surface area contributed by atoms with Gasteiger partial charge in [0.15, 0.2) is 5.82 Å². The van der Waals surface area contributed by atoms with Crippen molar-refractivity contribution in [2.24, 2.45) is 0 Å². The van der Waals surface area contributed by atoms with E-state index >= 15 is 0 Å². The first-order valence-corrected chi connectivity index (χ1v) is 6.79. The number of aromatic nitrogens is 4. The van der Waals surface area contributed by atoms with Crippen molar-refractivity contribution in [3.05, 3.63) is 24.3 Å². The number of rotatable bonds is 7. The minimum absolute atomic E-state index is 0.00412. The predicted octanol–water partition coefficient (Wildman–Crippen LogP) is 2.16. The Balaban J connectivity index is 2.37. The Hall–Kier alpha value is -2.44. The first kappa shape index (κ1) is 15.0. The number of hydrogen-bond acceptors (Lipinski definition) is 5. The van der Waals surface area contributed by atoms with E-state index < -0.39 is 5.97 Å². The van der Waals surface area contributed by atoms with Gasteiger partial charge in [0.2, 0.25) is 0 Å². The van der Waals surface area contributed by atoms with E-state index in [4.69, 9.17) is 9.84 Å². The molecule has 0 saturated carbocycles. The molecule has 112 valence electrons. The van der Waals surface area contributed by atoms with Gasteiger partial charge in [-0.15, -0.1) is 5.10 Å². The lowest BCUT2D eigenvalue weighted by Gasteiger charge is -2.15. The van der Waals surface area contributed by atoms with E-state index in [0.29, 0.717) is 18.0 Å². The maximum Gasteiger partial charge on any atom is 0.305 e. The highest BCUT2D eigenvalue weighted by Crippen LogP contribution is 2.26. The third kappa shape index (κ3) is 3.56. The lowest BCUT2D eigenvalue weighted by atomic mass is 10.1. The molecular formula is C14H18N4O3. The molecule has 21 heavy (non-hydrogen) atoms. The Labute approximate surface area is 122 Å². The monoisotopic (exact) mass is 290 g/mol. The van der Waals surface area contributed by atoms with Gasteiger partial charge in [-0.25, -0.2) is 4.68 Å². The van der Waals surface area contributed by atoms with Gasteiger partial charge in [0, 0.05) is 5.56 Å². The van der Waals surface area contributed by atoms with Gasteiger partial charge in [-0.05, 0) is 29.0 Å². The summed E-state index contributed by atoms with van der Waals surface area (Å²) in [6, 6.07) is 7.11. The first-order chi connectivity index (χ1) is 10.2. The van der Waals surface area contributed by atoms with Crippen LogP contribution in [-0.2, 0) is 4.79 Å². The highest BCUT2D eigenvalue weighted by Gasteiger charge is 2.20. The summed E-state index contributed by atoms with van der Waals surface area (Å²) in [7, 11) is 1.59. The second-order valence-corrected chi connectivity index (χ2v) is 4.72. The summed E-state index contributed by atoms with van der Waals surface area (Å²) < 4.78 is 6.78. The van der Waals surface area contributed by atoms with E-state index in [9.17, 15) is 4.79 Å². The van der Waals surface area contributed by atoms with Crippen molar-refractivity contribution in [1.29, 1.82) is 0 Å². The zero-order chi connectivity index (χ0) is 15.2. The Kier molecular flexibility index (Phi) is 4.86. The number of ether oxygens (including phenoxy) is 1. The number of carbonyl (C=O) groups is 1. The fraction of sp³-hybridized carbons (Fsp3) is 0.429. The number of nitrogens with zero attached hydrogens (tertiary/aromatic N) is 4. The maximum atomic E-state index is 11.0. The minimum atomic E-state index is -0.861. The van der Waals surface area contributed by atoms with Crippen LogP contribution >= 0.6 is 0 Å². The lowest BCUT2D eigenvalue weighted by Crippen LogP contribution is -2.16. The van der Waals surface area contributed by atoms with Crippen molar-refractivity contribution in [3.8, 4) is 17.1 Å². The Bertz CT molecular complexity index is 612. The summed E-state index contributed by atoms with van der Waals surface area (Å²) >= 11 is 0. The summed E-state index contributed by atoms with van der Waals surface area (Å²) in [5.41, 5.74) is 0.797. The van der Waals surface area contributed by atoms with E-state index in [-0.39, 0.29) is 12.5 Å². The van der Waals surface area contributed by atoms with E-state index in [2.05, 4.69) is 15.5 Å². The van der Waals surface area contributed by atoms with Crippen LogP contribution in [0.3, 0.4) is 0 Å². The van der Waals surface area contributed by atoms with Crippen LogP contribution in [0.1, 0.15) is 32.2 Å². The molecular weight excluding hydrogens is 272 g/mol. The van der Waals surface area contributed by atoms with E-state index in [0.717, 1.165) is 12.0 Å². The molecule has 0 saturated heterocycles. The molecule has 0 spiro atoms. The Morgan fingerprint density at radius 2 is 2.29 bits per heavy atom. The first-order valence-electron chi connectivity index (χ1n) is 6.79. The van der Waals surface area contributed by atoms with Crippen LogP contribution in [0.2, 0.25) is 0 Å². The number of hydrogen-bond donors (Lipinski definition) is 1. The van der Waals surface area contributed by atoms with Gasteiger partial charge in [-0.2, -0.15) is 0 Å². The Morgan fingerprint density at radius 3 is 2.95 bits per heavy atom. The number of benzene rings is 1. The number of carboxylic acids is 1. The third-order valence-corrected chi connectivity index (χ3v) is 3.20. The molecule has 7 heteroatoms. The Morgan fingerprint density at radius 1 is 1.48 bits per heavy atom. The summed E-state index contributed by atoms with van der Waals surface area (Å²) in [4.78, 5) is 11.0. The van der Waals surface area contributed by atoms with Gasteiger partial charge in [-0.1, -0.05) is 25.5 Å². The van der Waals surface area contributed by atoms with Crippen LogP contribution in [0.25, 0.3) is 11.4 Å². The minimum Gasteiger partial charge on any atom is -0.497 e. The average Bonchev–Trinajstić information content (AvgIpc) is 2.96. The van der Waals surface area contributed by atoms with Gasteiger partial charge in [-0.3, -0.25) is 4.79 Å². The number of tetrazole rings is 1. The van der Waals surface area contributed by atoms with Crippen LogP contribution in [0.5, 0.6) is 5.75 Å². The van der Waals surface area contributed by atoms with Crippen molar-refractivity contribution in [1.82, 2.24) is 20.2 Å². The second kappa shape index (κ2) is 6.83. The summed E-state index contributed by atoms with van der Waals surface area (Å²) in [6.45, 7) is 2.00. The average molecular weight is 290 g/mol. The molecule has 1 heterocycles. The molecule has 0 aliphatic rings. The fourth-order valence-corrected chi connectivity index (χ4v) is 2.24. The highest BCUT2D eigenvalue weighted by molar-refractivity contribution is 5.67. The molecule has 1 atom stereocenters. The topological polar surface area (TPSA) is 90.1 Å². The number of aliphatic carboxylic acids is 1. The normalized spacial score (nSPS) is 12.1. The van der Waals surface area contributed by atoms with Gasteiger partial charge in [0.25, 0.3) is 0 Å². The largest absolute Gasteiger partial charge is 0.497 e. The summed E-state index contributed by atoms with van der Waals surface area (Å²) in [5, 5.41) is 20.7. The van der Waals surface area contributed by atoms with Crippen LogP contribution in [-0.4, -0.2) is 38.4 Å². The maximum absolute atomic E-state index is 11.0. The van der Waals surface area contributed by atoms with Gasteiger partial charge < -0.3 is 9.84 Å². The molecule has 1 N–H and O–H groups in total. The van der Waals surface area contributed by atoms with Crippen LogP contribution in [0.15, 0.2) is 24.3 Å². The van der Waals surface area contributed by atoms with Crippen LogP contribution in [0.4, 0.5) is 0 Å². The molecule has 7 nitrogen and oxygen atoms in total. The van der Waals surface area contributed by atoms with Gasteiger partial charge in [0.1, 0.15) is 5.75 Å². The quantitative estimate of drug-likeness (QED) is 0.840. The second-order valence-electron chi connectivity index (χ2n) is 4.72. The van der Waals surface area contributed by atoms with Crippen LogP contribution in [0, 0.1) is 0 Å². The van der Waals surface area contributed by atoms with E-state index in [1.54, 1.807) is 11.8 Å². The third-order valence-electron chi connectivity index (χ3n) is 3.20. The smallest absolute Gasteiger partial charge is 0.305 e. The standard InChI is InChI=1S/C14H18N4O3/c1-3-5-11(9-13(19)20)18-14(15-16-17-18)10-6-4-7-12(8-10)21-2/h4,6-8,11H,3,5,9H2,1-2H3,(H,19,20). The zero-order valence-electron chi connectivity index (χ0n) is 12.1. The summed E-state index contributed by atoms with van der Waals surface area (Å²) in [6.07, 6.45) is 1.56. The van der Waals surface area contributed by atoms with Gasteiger partial charge in [0.05, 0.1) is 19.6 Å². The molecule has 2 rings (SSSR count). The van der Waals surface area contributed by atoms with Crippen molar-refractivity contribution in [2.45, 2.75) is 32.2 Å². The summed E-state index contributed by atoms with van der Waals surface area (Å²) in [5.74, 6) is 0.390. The lowest BCUT2D eigenvalue weighted by molar-refractivity contribution is -0.138. The zero-order valence-corrected chi connectivity index (χ0v) is 12.1. The van der Waals surface area contributed by atoms with Crippen LogP contribution < -0.4 is 4.74 Å². The number of carboxylic acid groups (broad SMARTS) is 1. The molecule has 0 amide bonds. The van der Waals surface area contributed by atoms with Gasteiger partial charge >= 0.3 is 5.97 Å². The fourth-order valence-electron chi connectivity index (χ4n) is 2.24. The van der Waals surface area contributed by atoms with Crippen molar-refractivity contribution in [2.75, 3.05) is 7.11 Å².